The third kappa shape index (κ3) is 4.47. The smallest absolute Gasteiger partial charge is 0.152 e. The summed E-state index contributed by atoms with van der Waals surface area (Å²) in [4.78, 5) is 0. The molecule has 3 heteroatoms. The summed E-state index contributed by atoms with van der Waals surface area (Å²) >= 11 is 5.32. The van der Waals surface area contributed by atoms with E-state index in [1.165, 1.54) is 0 Å². The van der Waals surface area contributed by atoms with Crippen LogP contribution >= 0.6 is 11.1 Å². The molecule has 0 amide bonds. The van der Waals surface area contributed by atoms with Gasteiger partial charge in [0, 0.05) is 13.3 Å². The van der Waals surface area contributed by atoms with Crippen molar-refractivity contribution in [1.82, 2.24) is 0 Å². The Bertz CT molecular complexity index is 17.1. The van der Waals surface area contributed by atoms with Crippen molar-refractivity contribution in [2.24, 2.45) is 0 Å². The first-order valence-electron chi connectivity index (χ1n) is 1.46. The quantitative estimate of drug-likeness (QED) is 0.357. The summed E-state index contributed by atoms with van der Waals surface area (Å²) in [6.45, 7) is 0. The second kappa shape index (κ2) is 4.47. The van der Waals surface area contributed by atoms with Crippen LogP contribution in [0.3, 0.4) is 0 Å². The van der Waals surface area contributed by atoms with Crippen LogP contribution in [0.4, 0.5) is 0 Å². The summed E-state index contributed by atoms with van der Waals surface area (Å²) in [5, 5.41) is 0. The van der Waals surface area contributed by atoms with Gasteiger partial charge in [0.1, 0.15) is 0 Å². The third-order valence-corrected chi connectivity index (χ3v) is 1.31. The largest absolute Gasteiger partial charge is 0.387 e. The molecule has 0 aliphatic rings. The first-order valence-corrected chi connectivity index (χ1v) is 4.60. The molecule has 0 spiro atoms. The summed E-state index contributed by atoms with van der Waals surface area (Å²) in [6.07, 6.45) is 0.793. The molecule has 0 fully saturated rings. The molecule has 0 aliphatic heterocycles. The van der Waals surface area contributed by atoms with Gasteiger partial charge in [-0.2, -0.15) is 11.1 Å². The highest BCUT2D eigenvalue weighted by molar-refractivity contribution is 6.93. The van der Waals surface area contributed by atoms with E-state index in [2.05, 4.69) is 4.74 Å². The van der Waals surface area contributed by atoms with Gasteiger partial charge in [0.05, 0.1) is 0 Å². The van der Waals surface area contributed by atoms with Crippen LogP contribution in [-0.4, -0.2) is 22.2 Å². The minimum absolute atomic E-state index is 0.336. The zero-order chi connectivity index (χ0) is 4.12. The molecule has 0 aromatic carbocycles. The molecule has 1 nitrogen and oxygen atoms in total. The second-order valence-corrected chi connectivity index (χ2v) is 2.60. The SMILES string of the molecule is COC[SiH2]Cl. The van der Waals surface area contributed by atoms with E-state index in [-0.39, 0.29) is 8.83 Å². The molecule has 0 saturated carbocycles. The van der Waals surface area contributed by atoms with Gasteiger partial charge in [0.2, 0.25) is 0 Å². The van der Waals surface area contributed by atoms with Crippen molar-refractivity contribution in [3.63, 3.8) is 0 Å². The van der Waals surface area contributed by atoms with Gasteiger partial charge in [-0.15, -0.1) is 0 Å². The van der Waals surface area contributed by atoms with E-state index in [0.717, 1.165) is 6.23 Å². The molecule has 0 unspecified atom stereocenters. The minimum Gasteiger partial charge on any atom is -0.387 e. The van der Waals surface area contributed by atoms with E-state index in [1.807, 2.05) is 0 Å². The molecular weight excluding hydrogens is 104 g/mol. The van der Waals surface area contributed by atoms with Crippen LogP contribution in [0.15, 0.2) is 0 Å². The Balaban J connectivity index is 2.19. The molecule has 0 aromatic heterocycles. The van der Waals surface area contributed by atoms with Gasteiger partial charge >= 0.3 is 0 Å². The maximum absolute atomic E-state index is 5.32. The van der Waals surface area contributed by atoms with E-state index in [4.69, 9.17) is 11.1 Å². The summed E-state index contributed by atoms with van der Waals surface area (Å²) < 4.78 is 4.62. The number of hydrogen-bond donors (Lipinski definition) is 0. The fraction of sp³-hybridized carbons (Fsp3) is 1.00. The molecule has 0 aliphatic carbocycles. The van der Waals surface area contributed by atoms with Gasteiger partial charge in [-0.05, 0) is 0 Å². The maximum Gasteiger partial charge on any atom is 0.152 e. The molecule has 0 rings (SSSR count). The van der Waals surface area contributed by atoms with E-state index in [0.29, 0.717) is 0 Å². The Morgan fingerprint density at radius 1 is 2.00 bits per heavy atom. The number of hydrogen-bond acceptors (Lipinski definition) is 1. The van der Waals surface area contributed by atoms with Gasteiger partial charge < -0.3 is 4.74 Å². The average molecular weight is 111 g/mol. The van der Waals surface area contributed by atoms with Crippen LogP contribution in [0.2, 0.25) is 0 Å². The van der Waals surface area contributed by atoms with Crippen LogP contribution in [0.5, 0.6) is 0 Å². The Morgan fingerprint density at radius 2 is 2.60 bits per heavy atom. The standard InChI is InChI=1S/C2H7ClOSi/c1-4-2-5-3/h2,5H2,1H3. The van der Waals surface area contributed by atoms with Crippen molar-refractivity contribution in [1.29, 1.82) is 0 Å². The summed E-state index contributed by atoms with van der Waals surface area (Å²) in [5.41, 5.74) is 0. The monoisotopic (exact) mass is 110 g/mol. The fourth-order valence-corrected chi connectivity index (χ4v) is 0.694. The van der Waals surface area contributed by atoms with E-state index in [1.54, 1.807) is 7.11 Å². The summed E-state index contributed by atoms with van der Waals surface area (Å²) in [7, 11) is 1.33. The fourth-order valence-electron chi connectivity index (χ4n) is 0.0772. The van der Waals surface area contributed by atoms with Gasteiger partial charge in [0.25, 0.3) is 0 Å². The highest BCUT2D eigenvalue weighted by Gasteiger charge is 1.70. The van der Waals surface area contributed by atoms with E-state index >= 15 is 0 Å². The lowest BCUT2D eigenvalue weighted by molar-refractivity contribution is 0.253. The lowest BCUT2D eigenvalue weighted by Crippen LogP contribution is -1.90. The molecule has 0 heterocycles. The van der Waals surface area contributed by atoms with Crippen LogP contribution in [0.25, 0.3) is 0 Å². The molecule has 0 N–H and O–H groups in total. The van der Waals surface area contributed by atoms with Crippen molar-refractivity contribution < 1.29 is 4.74 Å². The zero-order valence-corrected chi connectivity index (χ0v) is 5.37. The zero-order valence-electron chi connectivity index (χ0n) is 3.20. The third-order valence-electron chi connectivity index (χ3n) is 0.281. The Labute approximate surface area is 38.8 Å². The van der Waals surface area contributed by atoms with Crippen molar-refractivity contribution in [2.45, 2.75) is 0 Å². The summed E-state index contributed by atoms with van der Waals surface area (Å²) in [5.74, 6) is 0. The molecule has 32 valence electrons. The number of halogens is 1. The first-order chi connectivity index (χ1) is 2.41. The van der Waals surface area contributed by atoms with E-state index < -0.39 is 0 Å². The Hall–Kier alpha value is 0.467. The molecule has 0 bridgehead atoms. The number of rotatable bonds is 2. The van der Waals surface area contributed by atoms with Gasteiger partial charge in [-0.1, -0.05) is 0 Å². The highest BCUT2D eigenvalue weighted by atomic mass is 35.6. The van der Waals surface area contributed by atoms with Gasteiger partial charge in [0.15, 0.2) is 8.83 Å². The maximum atomic E-state index is 5.32. The highest BCUT2D eigenvalue weighted by Crippen LogP contribution is 1.65. The summed E-state index contributed by atoms with van der Waals surface area (Å²) in [6, 6.07) is 0. The van der Waals surface area contributed by atoms with Crippen LogP contribution in [0, 0.1) is 0 Å². The predicted molar refractivity (Wildman–Crippen MR) is 26.3 cm³/mol. The molecule has 0 saturated heterocycles. The Morgan fingerprint density at radius 3 is 2.60 bits per heavy atom. The lowest BCUT2D eigenvalue weighted by atomic mass is 11.5. The number of methoxy groups -OCH3 is 1. The molecule has 0 radical (unpaired) electrons. The minimum atomic E-state index is -0.336. The predicted octanol–water partition coefficient (Wildman–Crippen LogP) is -0.0871. The average Bonchev–Trinajstić information content (AvgIpc) is 1.41. The second-order valence-electron chi connectivity index (χ2n) is 0.682. The van der Waals surface area contributed by atoms with Crippen molar-refractivity contribution >= 4 is 19.9 Å². The first kappa shape index (κ1) is 5.47. The van der Waals surface area contributed by atoms with Crippen molar-refractivity contribution in [3.05, 3.63) is 0 Å². The molecular formula is C2H7ClOSi. The Kier molecular flexibility index (Phi) is 4.88. The molecule has 0 atom stereocenters. The van der Waals surface area contributed by atoms with Crippen LogP contribution < -0.4 is 0 Å². The molecule has 0 aromatic rings. The topological polar surface area (TPSA) is 9.23 Å². The van der Waals surface area contributed by atoms with Crippen molar-refractivity contribution in [2.75, 3.05) is 13.3 Å². The van der Waals surface area contributed by atoms with Crippen molar-refractivity contribution in [3.8, 4) is 0 Å². The van der Waals surface area contributed by atoms with Gasteiger partial charge in [-0.3, -0.25) is 0 Å². The number of ether oxygens (including phenoxy) is 1. The van der Waals surface area contributed by atoms with Gasteiger partial charge in [-0.25, -0.2) is 0 Å². The lowest BCUT2D eigenvalue weighted by Gasteiger charge is -1.81. The molecule has 5 heavy (non-hydrogen) atoms. The van der Waals surface area contributed by atoms with E-state index in [9.17, 15) is 0 Å². The van der Waals surface area contributed by atoms with Crippen LogP contribution in [0.1, 0.15) is 0 Å². The normalized spacial score (nSPS) is 10.8. The van der Waals surface area contributed by atoms with Crippen LogP contribution in [-0.2, 0) is 4.74 Å².